The van der Waals surface area contributed by atoms with E-state index in [4.69, 9.17) is 18.9 Å². The van der Waals surface area contributed by atoms with Gasteiger partial charge in [-0.2, -0.15) is 8.42 Å². The average Bonchev–Trinajstić information content (AvgIpc) is 3.28. The lowest BCUT2D eigenvalue weighted by Crippen LogP contribution is -2.60. The largest absolute Gasteiger partial charge is 0.462 e. The molecule has 1 aliphatic heterocycles. The zero-order valence-corrected chi connectivity index (χ0v) is 41.6. The highest BCUT2D eigenvalue weighted by atomic mass is 32.2. The van der Waals surface area contributed by atoms with Crippen LogP contribution in [0, 0.1) is 0 Å². The van der Waals surface area contributed by atoms with Gasteiger partial charge in [-0.25, -0.2) is 0 Å². The number of esters is 2. The molecule has 66 heavy (non-hydrogen) atoms. The van der Waals surface area contributed by atoms with E-state index in [1.165, 1.54) is 83.5 Å². The molecule has 0 radical (unpaired) electrons. The number of ether oxygens (including phenoxy) is 4. The molecule has 0 aromatic carbocycles. The van der Waals surface area contributed by atoms with Gasteiger partial charge < -0.3 is 34.3 Å². The Morgan fingerprint density at radius 1 is 0.530 bits per heavy atom. The number of rotatable bonds is 42. The fourth-order valence-corrected chi connectivity index (χ4v) is 8.04. The number of carbonyl (C=O) groups is 2. The summed E-state index contributed by atoms with van der Waals surface area (Å²) in [5.41, 5.74) is 0. The molecule has 1 saturated heterocycles. The summed E-state index contributed by atoms with van der Waals surface area (Å²) in [6.07, 6.45) is 45.1. The summed E-state index contributed by atoms with van der Waals surface area (Å²) in [7, 11) is -4.61. The molecule has 4 N–H and O–H groups in total. The van der Waals surface area contributed by atoms with Crippen molar-refractivity contribution in [1.82, 2.24) is 0 Å². The van der Waals surface area contributed by atoms with Crippen LogP contribution in [0.25, 0.3) is 0 Å². The Bertz CT molecular complexity index is 1490. The summed E-state index contributed by atoms with van der Waals surface area (Å²) in [5.74, 6) is -2.03. The predicted molar refractivity (Wildman–Crippen MR) is 265 cm³/mol. The van der Waals surface area contributed by atoms with Crippen molar-refractivity contribution in [2.75, 3.05) is 19.0 Å². The van der Waals surface area contributed by atoms with Gasteiger partial charge in [0.25, 0.3) is 10.1 Å². The van der Waals surface area contributed by atoms with E-state index in [0.29, 0.717) is 12.8 Å². The van der Waals surface area contributed by atoms with Crippen LogP contribution in [-0.2, 0) is 38.7 Å². The smallest absolute Gasteiger partial charge is 0.306 e. The molecule has 12 nitrogen and oxygen atoms in total. The molecule has 0 saturated carbocycles. The van der Waals surface area contributed by atoms with Gasteiger partial charge in [-0.15, -0.1) is 0 Å². The normalized spacial score (nSPS) is 20.0. The highest BCUT2D eigenvalue weighted by molar-refractivity contribution is 7.85. The van der Waals surface area contributed by atoms with Crippen LogP contribution < -0.4 is 0 Å². The van der Waals surface area contributed by atoms with Crippen molar-refractivity contribution < 1.29 is 56.8 Å². The van der Waals surface area contributed by atoms with Crippen molar-refractivity contribution in [2.45, 2.75) is 230 Å². The molecule has 1 fully saturated rings. The molecular weight excluding hydrogens is 861 g/mol. The summed E-state index contributed by atoms with van der Waals surface area (Å²) in [4.78, 5) is 25.5. The number of hydrogen-bond donors (Lipinski definition) is 4. The minimum Gasteiger partial charge on any atom is -0.462 e. The van der Waals surface area contributed by atoms with Crippen molar-refractivity contribution in [3.8, 4) is 0 Å². The average molecular weight is 951 g/mol. The number of hydrogen-bond acceptors (Lipinski definition) is 11. The van der Waals surface area contributed by atoms with Crippen LogP contribution in [0.5, 0.6) is 0 Å². The van der Waals surface area contributed by atoms with Crippen molar-refractivity contribution in [3.05, 3.63) is 72.9 Å². The van der Waals surface area contributed by atoms with Gasteiger partial charge in [-0.05, 0) is 83.5 Å². The van der Waals surface area contributed by atoms with E-state index < -0.39 is 71.2 Å². The highest BCUT2D eigenvalue weighted by Gasteiger charge is 2.46. The number of allylic oxidation sites excluding steroid dienone is 12. The molecule has 6 unspecified atom stereocenters. The first-order valence-electron chi connectivity index (χ1n) is 25.5. The maximum Gasteiger partial charge on any atom is 0.306 e. The molecule has 0 amide bonds. The first kappa shape index (κ1) is 61.1. The van der Waals surface area contributed by atoms with Crippen molar-refractivity contribution >= 4 is 22.1 Å². The Hall–Kier alpha value is -2.91. The van der Waals surface area contributed by atoms with E-state index >= 15 is 0 Å². The van der Waals surface area contributed by atoms with Crippen LogP contribution in [0.3, 0.4) is 0 Å². The van der Waals surface area contributed by atoms with E-state index in [9.17, 15) is 37.9 Å². The minimum absolute atomic E-state index is 0.122. The summed E-state index contributed by atoms with van der Waals surface area (Å²) in [5, 5.41) is 31.0. The van der Waals surface area contributed by atoms with Gasteiger partial charge in [-0.3, -0.25) is 14.1 Å². The van der Waals surface area contributed by atoms with Gasteiger partial charge in [-0.1, -0.05) is 170 Å². The summed E-state index contributed by atoms with van der Waals surface area (Å²) < 4.78 is 54.2. The third-order valence-corrected chi connectivity index (χ3v) is 12.0. The number of carbonyl (C=O) groups excluding carboxylic acids is 2. The van der Waals surface area contributed by atoms with Crippen molar-refractivity contribution in [1.29, 1.82) is 0 Å². The van der Waals surface area contributed by atoms with E-state index in [-0.39, 0.29) is 19.4 Å². The first-order chi connectivity index (χ1) is 32.0. The number of unbranched alkanes of at least 4 members (excludes halogenated alkanes) is 18. The lowest BCUT2D eigenvalue weighted by molar-refractivity contribution is -0.297. The second-order valence-electron chi connectivity index (χ2n) is 17.4. The van der Waals surface area contributed by atoms with E-state index in [0.717, 1.165) is 70.6 Å². The summed E-state index contributed by atoms with van der Waals surface area (Å²) in [6, 6.07) is 0. The Kier molecular flexibility index (Phi) is 39.1. The molecule has 0 spiro atoms. The van der Waals surface area contributed by atoms with Crippen LogP contribution >= 0.6 is 0 Å². The molecule has 1 rings (SSSR count). The van der Waals surface area contributed by atoms with Crippen LogP contribution in [-0.4, -0.2) is 96.0 Å². The second-order valence-corrected chi connectivity index (χ2v) is 18.9. The van der Waals surface area contributed by atoms with E-state index in [1.54, 1.807) is 0 Å². The molecule has 13 heteroatoms. The Morgan fingerprint density at radius 3 is 1.45 bits per heavy atom. The summed E-state index contributed by atoms with van der Waals surface area (Å²) in [6.45, 7) is 3.63. The Labute approximate surface area is 399 Å². The van der Waals surface area contributed by atoms with Crippen molar-refractivity contribution in [2.24, 2.45) is 0 Å². The zero-order valence-electron chi connectivity index (χ0n) is 40.8. The fraction of sp³-hybridized carbons (Fsp3) is 0.736. The maximum absolute atomic E-state index is 12.9. The molecule has 1 aliphatic rings. The standard InChI is InChI=1S/C53H90O12S/c1-3-5-7-9-11-13-15-17-19-21-23-25-27-29-31-33-35-37-39-41-48(54)62-43-46(44-63-53-52(58)51(57)50(56)47(65-53)45-66(59,60)61)64-49(55)42-40-38-36-34-32-30-28-26-24-22-20-18-16-14-12-10-8-6-4-2/h6,8,12,14,17-20,24,26,30,32,46-47,50-53,56-58H,3-5,7,9-11,13,15-16,21-23,25,27-29,31,33-45H2,1-2H3,(H,59,60,61)/b8-6-,14-12-,19-17-,20-18-,26-24-,32-30-. The molecule has 380 valence electrons. The van der Waals surface area contributed by atoms with Crippen LogP contribution in [0.4, 0.5) is 0 Å². The van der Waals surface area contributed by atoms with Gasteiger partial charge in [0.2, 0.25) is 0 Å². The maximum atomic E-state index is 12.9. The molecule has 6 atom stereocenters. The van der Waals surface area contributed by atoms with E-state index in [1.807, 2.05) is 0 Å². The molecule has 1 heterocycles. The predicted octanol–water partition coefficient (Wildman–Crippen LogP) is 11.5. The lowest BCUT2D eigenvalue weighted by atomic mass is 10.00. The van der Waals surface area contributed by atoms with Crippen LogP contribution in [0.2, 0.25) is 0 Å². The first-order valence-corrected chi connectivity index (χ1v) is 27.1. The monoisotopic (exact) mass is 951 g/mol. The van der Waals surface area contributed by atoms with Gasteiger partial charge >= 0.3 is 11.9 Å². The Morgan fingerprint density at radius 2 is 0.955 bits per heavy atom. The third kappa shape index (κ3) is 36.2. The van der Waals surface area contributed by atoms with Crippen molar-refractivity contribution in [3.63, 3.8) is 0 Å². The topological polar surface area (TPSA) is 186 Å². The second kappa shape index (κ2) is 42.2. The molecule has 0 aromatic rings. The van der Waals surface area contributed by atoms with Gasteiger partial charge in [0.05, 0.1) is 6.61 Å². The van der Waals surface area contributed by atoms with E-state index in [2.05, 4.69) is 86.8 Å². The van der Waals surface area contributed by atoms with Gasteiger partial charge in [0, 0.05) is 12.8 Å². The number of aliphatic hydroxyl groups excluding tert-OH is 3. The zero-order chi connectivity index (χ0) is 48.4. The van der Waals surface area contributed by atoms with Crippen LogP contribution in [0.15, 0.2) is 72.9 Å². The molecule has 0 bridgehead atoms. The van der Waals surface area contributed by atoms with Crippen LogP contribution in [0.1, 0.15) is 194 Å². The highest BCUT2D eigenvalue weighted by Crippen LogP contribution is 2.24. The molecular formula is C53H90O12S. The quantitative estimate of drug-likeness (QED) is 0.0197. The van der Waals surface area contributed by atoms with Gasteiger partial charge in [0.1, 0.15) is 36.8 Å². The van der Waals surface area contributed by atoms with Gasteiger partial charge in [0.15, 0.2) is 12.4 Å². The Balaban J connectivity index is 2.42. The SMILES string of the molecule is CC/C=C\C/C=C\C/C=C\C/C=C\C/C=C\CCCCCC(=O)OC(COC(=O)CCCCCCCCCCC/C=C\CCCCCCCC)COC1OC(CS(=O)(=O)O)C(O)C(O)C1O. The minimum atomic E-state index is -4.61. The molecule has 0 aliphatic carbocycles. The molecule has 0 aromatic heterocycles. The fourth-order valence-electron chi connectivity index (χ4n) is 7.34. The number of aliphatic hydroxyl groups is 3. The third-order valence-electron chi connectivity index (χ3n) is 11.3. The summed E-state index contributed by atoms with van der Waals surface area (Å²) >= 11 is 0. The lowest BCUT2D eigenvalue weighted by Gasteiger charge is -2.40.